The lowest BCUT2D eigenvalue weighted by Crippen LogP contribution is -2.37. The van der Waals surface area contributed by atoms with Gasteiger partial charge in [-0.1, -0.05) is 18.2 Å². The highest BCUT2D eigenvalue weighted by Crippen LogP contribution is 2.23. The van der Waals surface area contributed by atoms with E-state index in [9.17, 15) is 0 Å². The van der Waals surface area contributed by atoms with Crippen LogP contribution in [0.25, 0.3) is 10.9 Å². The maximum atomic E-state index is 5.74. The summed E-state index contributed by atoms with van der Waals surface area (Å²) in [6.07, 6.45) is 2.29. The third kappa shape index (κ3) is 2.40. The molecule has 0 unspecified atom stereocenters. The van der Waals surface area contributed by atoms with Crippen LogP contribution in [0, 0.1) is 12.8 Å². The molecule has 3 rings (SSSR count). The summed E-state index contributed by atoms with van der Waals surface area (Å²) in [6, 6.07) is 8.19. The summed E-state index contributed by atoms with van der Waals surface area (Å²) < 4.78 is 0. The Morgan fingerprint density at radius 2 is 1.95 bits per heavy atom. The van der Waals surface area contributed by atoms with Crippen molar-refractivity contribution in [3.8, 4) is 0 Å². The van der Waals surface area contributed by atoms with Crippen molar-refractivity contribution in [1.82, 2.24) is 9.97 Å². The molecule has 1 saturated heterocycles. The van der Waals surface area contributed by atoms with Gasteiger partial charge in [0.25, 0.3) is 0 Å². The highest BCUT2D eigenvalue weighted by Gasteiger charge is 2.20. The first kappa shape index (κ1) is 12.4. The second-order valence-corrected chi connectivity index (χ2v) is 5.29. The fraction of sp³-hybridized carbons (Fsp3) is 0.467. The van der Waals surface area contributed by atoms with Gasteiger partial charge in [-0.05, 0) is 38.3 Å². The molecule has 100 valence electrons. The zero-order chi connectivity index (χ0) is 13.2. The van der Waals surface area contributed by atoms with Gasteiger partial charge in [0.2, 0.25) is 5.95 Å². The number of hydrogen-bond donors (Lipinski definition) is 1. The third-order valence-electron chi connectivity index (χ3n) is 4.01. The van der Waals surface area contributed by atoms with E-state index in [1.165, 1.54) is 0 Å². The summed E-state index contributed by atoms with van der Waals surface area (Å²) in [5, 5.41) is 1.14. The Labute approximate surface area is 113 Å². The van der Waals surface area contributed by atoms with E-state index < -0.39 is 0 Å². The normalized spacial score (nSPS) is 17.1. The quantitative estimate of drug-likeness (QED) is 0.894. The van der Waals surface area contributed by atoms with E-state index in [1.807, 2.05) is 12.1 Å². The van der Waals surface area contributed by atoms with Crippen LogP contribution in [0.4, 0.5) is 5.95 Å². The highest BCUT2D eigenvalue weighted by molar-refractivity contribution is 5.81. The van der Waals surface area contributed by atoms with Gasteiger partial charge in [0.05, 0.1) is 11.2 Å². The largest absolute Gasteiger partial charge is 0.341 e. The van der Waals surface area contributed by atoms with Crippen molar-refractivity contribution >= 4 is 16.9 Å². The number of benzene rings is 1. The van der Waals surface area contributed by atoms with Crippen molar-refractivity contribution in [2.45, 2.75) is 19.8 Å². The first-order valence-corrected chi connectivity index (χ1v) is 6.96. The van der Waals surface area contributed by atoms with Gasteiger partial charge in [0.1, 0.15) is 0 Å². The van der Waals surface area contributed by atoms with E-state index in [1.54, 1.807) is 0 Å². The number of nitrogens with two attached hydrogens (primary N) is 1. The second kappa shape index (κ2) is 5.13. The first-order chi connectivity index (χ1) is 9.28. The van der Waals surface area contributed by atoms with E-state index in [-0.39, 0.29) is 0 Å². The van der Waals surface area contributed by atoms with E-state index >= 15 is 0 Å². The molecule has 1 aliphatic rings. The van der Waals surface area contributed by atoms with Crippen molar-refractivity contribution < 1.29 is 0 Å². The molecule has 0 spiro atoms. The van der Waals surface area contributed by atoms with Crippen molar-refractivity contribution in [2.75, 3.05) is 24.5 Å². The summed E-state index contributed by atoms with van der Waals surface area (Å²) in [6.45, 7) is 4.88. The molecule has 0 radical (unpaired) electrons. The lowest BCUT2D eigenvalue weighted by Gasteiger charge is -2.31. The highest BCUT2D eigenvalue weighted by atomic mass is 15.3. The summed E-state index contributed by atoms with van der Waals surface area (Å²) in [7, 11) is 0. The molecule has 2 N–H and O–H groups in total. The molecule has 0 aliphatic carbocycles. The van der Waals surface area contributed by atoms with Gasteiger partial charge in [0.15, 0.2) is 0 Å². The number of aromatic nitrogens is 2. The van der Waals surface area contributed by atoms with E-state index in [0.29, 0.717) is 5.92 Å². The summed E-state index contributed by atoms with van der Waals surface area (Å²) in [5.41, 5.74) is 7.83. The number of aryl methyl sites for hydroxylation is 1. The number of piperidine rings is 1. The second-order valence-electron chi connectivity index (χ2n) is 5.29. The maximum Gasteiger partial charge on any atom is 0.226 e. The third-order valence-corrected chi connectivity index (χ3v) is 4.01. The Morgan fingerprint density at radius 1 is 1.21 bits per heavy atom. The standard InChI is InChI=1S/C15H20N4/c1-11-13-4-2-3-5-14(13)18-15(17-11)19-8-6-12(10-16)7-9-19/h2-5,12H,6-10,16H2,1H3. The number of hydrogen-bond acceptors (Lipinski definition) is 4. The lowest BCUT2D eigenvalue weighted by molar-refractivity contribution is 0.411. The Morgan fingerprint density at radius 3 is 2.68 bits per heavy atom. The number of para-hydroxylation sites is 1. The van der Waals surface area contributed by atoms with Gasteiger partial charge < -0.3 is 10.6 Å². The van der Waals surface area contributed by atoms with Gasteiger partial charge in [-0.15, -0.1) is 0 Å². The maximum absolute atomic E-state index is 5.74. The SMILES string of the molecule is Cc1nc(N2CCC(CN)CC2)nc2ccccc12. The zero-order valence-corrected chi connectivity index (χ0v) is 11.3. The van der Waals surface area contributed by atoms with Gasteiger partial charge in [-0.25, -0.2) is 9.97 Å². The molecular weight excluding hydrogens is 236 g/mol. The molecule has 4 heteroatoms. The van der Waals surface area contributed by atoms with Gasteiger partial charge >= 0.3 is 0 Å². The summed E-state index contributed by atoms with van der Waals surface area (Å²) in [4.78, 5) is 11.6. The molecule has 0 bridgehead atoms. The topological polar surface area (TPSA) is 55.0 Å². The number of anilines is 1. The molecule has 4 nitrogen and oxygen atoms in total. The molecule has 1 aromatic heterocycles. The van der Waals surface area contributed by atoms with Crippen LogP contribution >= 0.6 is 0 Å². The van der Waals surface area contributed by atoms with Gasteiger partial charge in [0, 0.05) is 18.5 Å². The zero-order valence-electron chi connectivity index (χ0n) is 11.3. The molecule has 2 aromatic rings. The molecule has 1 aromatic carbocycles. The molecule has 0 atom stereocenters. The van der Waals surface area contributed by atoms with Crippen molar-refractivity contribution in [2.24, 2.45) is 11.7 Å². The molecule has 0 amide bonds. The lowest BCUT2D eigenvalue weighted by atomic mass is 9.97. The molecule has 1 aliphatic heterocycles. The summed E-state index contributed by atoms with van der Waals surface area (Å²) in [5.74, 6) is 1.53. The van der Waals surface area contributed by atoms with Crippen molar-refractivity contribution in [1.29, 1.82) is 0 Å². The summed E-state index contributed by atoms with van der Waals surface area (Å²) >= 11 is 0. The minimum absolute atomic E-state index is 0.665. The molecular formula is C15H20N4. The van der Waals surface area contributed by atoms with Crippen LogP contribution in [-0.4, -0.2) is 29.6 Å². The number of fused-ring (bicyclic) bond motifs is 1. The smallest absolute Gasteiger partial charge is 0.226 e. The van der Waals surface area contributed by atoms with Crippen LogP contribution in [0.3, 0.4) is 0 Å². The van der Waals surface area contributed by atoms with E-state index in [0.717, 1.165) is 55.0 Å². The molecule has 1 fully saturated rings. The minimum Gasteiger partial charge on any atom is -0.341 e. The minimum atomic E-state index is 0.665. The average molecular weight is 256 g/mol. The number of nitrogens with zero attached hydrogens (tertiary/aromatic N) is 3. The van der Waals surface area contributed by atoms with E-state index in [2.05, 4.69) is 28.9 Å². The molecule has 0 saturated carbocycles. The molecule has 2 heterocycles. The number of rotatable bonds is 2. The fourth-order valence-electron chi connectivity index (χ4n) is 2.73. The average Bonchev–Trinajstić information content (AvgIpc) is 2.47. The Hall–Kier alpha value is -1.68. The van der Waals surface area contributed by atoms with Crippen LogP contribution < -0.4 is 10.6 Å². The van der Waals surface area contributed by atoms with Crippen LogP contribution in [0.1, 0.15) is 18.5 Å². The molecule has 19 heavy (non-hydrogen) atoms. The predicted molar refractivity (Wildman–Crippen MR) is 78.3 cm³/mol. The Bertz CT molecular complexity index is 573. The van der Waals surface area contributed by atoms with Crippen LogP contribution in [0.5, 0.6) is 0 Å². The fourth-order valence-corrected chi connectivity index (χ4v) is 2.73. The van der Waals surface area contributed by atoms with Gasteiger partial charge in [-0.2, -0.15) is 0 Å². The monoisotopic (exact) mass is 256 g/mol. The Kier molecular flexibility index (Phi) is 3.34. The van der Waals surface area contributed by atoms with Gasteiger partial charge in [-0.3, -0.25) is 0 Å². The predicted octanol–water partition coefficient (Wildman–Crippen LogP) is 2.11. The van der Waals surface area contributed by atoms with Crippen molar-refractivity contribution in [3.05, 3.63) is 30.0 Å². The van der Waals surface area contributed by atoms with Crippen molar-refractivity contribution in [3.63, 3.8) is 0 Å². The van der Waals surface area contributed by atoms with Crippen LogP contribution in [0.15, 0.2) is 24.3 Å². The first-order valence-electron chi connectivity index (χ1n) is 6.96. The van der Waals surface area contributed by atoms with Crippen LogP contribution in [-0.2, 0) is 0 Å². The van der Waals surface area contributed by atoms with E-state index in [4.69, 9.17) is 10.7 Å². The van der Waals surface area contributed by atoms with Crippen LogP contribution in [0.2, 0.25) is 0 Å². The Balaban J connectivity index is 1.89.